The van der Waals surface area contributed by atoms with Crippen LogP contribution >= 0.6 is 11.6 Å². The molecular weight excluding hydrogens is 372 g/mol. The van der Waals surface area contributed by atoms with E-state index in [0.717, 1.165) is 24.4 Å². The number of carbonyl (C=O) groups is 1. The zero-order chi connectivity index (χ0) is 19.5. The molecule has 2 bridgehead atoms. The first-order chi connectivity index (χ1) is 13.7. The third-order valence-electron chi connectivity index (χ3n) is 6.12. The number of hydrogen-bond acceptors (Lipinski definition) is 3. The lowest BCUT2D eigenvalue weighted by molar-refractivity contribution is 0.0177. The molecule has 2 unspecified atom stereocenters. The van der Waals surface area contributed by atoms with Gasteiger partial charge in [-0.15, -0.1) is 0 Å². The number of methoxy groups -OCH3 is 1. The lowest BCUT2D eigenvalue weighted by atomic mass is 9.81. The maximum Gasteiger partial charge on any atom is 0.255 e. The predicted molar refractivity (Wildman–Crippen MR) is 112 cm³/mol. The second-order valence-electron chi connectivity index (χ2n) is 7.84. The number of nitrogens with one attached hydrogen (secondary N) is 1. The molecule has 2 saturated heterocycles. The molecule has 2 fully saturated rings. The minimum absolute atomic E-state index is 0.0416. The van der Waals surface area contributed by atoms with Gasteiger partial charge in [-0.25, -0.2) is 0 Å². The quantitative estimate of drug-likeness (QED) is 0.796. The summed E-state index contributed by atoms with van der Waals surface area (Å²) in [5, 5.41) is 4.10. The van der Waals surface area contributed by atoms with Crippen LogP contribution in [0.15, 0.2) is 48.5 Å². The Hall–Kier alpha value is -2.04. The van der Waals surface area contributed by atoms with Crippen LogP contribution in [-0.4, -0.2) is 36.0 Å². The van der Waals surface area contributed by atoms with Gasteiger partial charge in [-0.1, -0.05) is 48.4 Å². The molecule has 2 heterocycles. The minimum Gasteiger partial charge on any atom is -0.496 e. The van der Waals surface area contributed by atoms with E-state index in [4.69, 9.17) is 16.3 Å². The summed E-state index contributed by atoms with van der Waals surface area (Å²) in [5.74, 6) is 0.580. The van der Waals surface area contributed by atoms with E-state index in [0.29, 0.717) is 23.4 Å². The molecule has 2 atom stereocenters. The molecule has 2 aromatic carbocycles. The Bertz CT molecular complexity index is 827. The fourth-order valence-electron chi connectivity index (χ4n) is 4.77. The molecule has 4 rings (SSSR count). The standard InChI is InChI=1S/C23H27ClN2O2/c1-28-22-12-5-3-10-20(22)23(27)25-17-13-18-8-6-9-19(14-17)26(18)15-16-7-2-4-11-21(16)24/h2-5,7,10-12,17-19H,6,8-9,13-15H2,1H3,(H,25,27). The number of benzene rings is 2. The van der Waals surface area contributed by atoms with Crippen molar-refractivity contribution in [3.63, 3.8) is 0 Å². The number of ether oxygens (including phenoxy) is 1. The maximum atomic E-state index is 12.8. The van der Waals surface area contributed by atoms with Gasteiger partial charge in [-0.3, -0.25) is 9.69 Å². The largest absolute Gasteiger partial charge is 0.496 e. The van der Waals surface area contributed by atoms with Crippen LogP contribution in [0.25, 0.3) is 0 Å². The van der Waals surface area contributed by atoms with Crippen molar-refractivity contribution in [2.75, 3.05) is 7.11 Å². The summed E-state index contributed by atoms with van der Waals surface area (Å²) in [7, 11) is 1.60. The van der Waals surface area contributed by atoms with Crippen molar-refractivity contribution in [1.82, 2.24) is 10.2 Å². The number of hydrogen-bond donors (Lipinski definition) is 1. The monoisotopic (exact) mass is 398 g/mol. The highest BCUT2D eigenvalue weighted by Crippen LogP contribution is 2.36. The van der Waals surface area contributed by atoms with Gasteiger partial charge >= 0.3 is 0 Å². The van der Waals surface area contributed by atoms with Crippen molar-refractivity contribution in [2.24, 2.45) is 0 Å². The highest BCUT2D eigenvalue weighted by Gasteiger charge is 2.38. The van der Waals surface area contributed by atoms with E-state index in [-0.39, 0.29) is 11.9 Å². The first-order valence-electron chi connectivity index (χ1n) is 10.1. The molecule has 5 heteroatoms. The fraction of sp³-hybridized carbons (Fsp3) is 0.435. The fourth-order valence-corrected chi connectivity index (χ4v) is 4.97. The Morgan fingerprint density at radius 2 is 1.79 bits per heavy atom. The number of fused-ring (bicyclic) bond motifs is 2. The summed E-state index contributed by atoms with van der Waals surface area (Å²) in [4.78, 5) is 15.4. The molecule has 0 radical (unpaired) electrons. The zero-order valence-electron chi connectivity index (χ0n) is 16.2. The van der Waals surface area contributed by atoms with E-state index < -0.39 is 0 Å². The molecule has 28 heavy (non-hydrogen) atoms. The number of carbonyl (C=O) groups excluding carboxylic acids is 1. The van der Waals surface area contributed by atoms with Gasteiger partial charge in [0.25, 0.3) is 5.91 Å². The summed E-state index contributed by atoms with van der Waals surface area (Å²) >= 11 is 6.40. The number of para-hydroxylation sites is 1. The van der Waals surface area contributed by atoms with E-state index in [1.54, 1.807) is 7.11 Å². The van der Waals surface area contributed by atoms with Crippen molar-refractivity contribution >= 4 is 17.5 Å². The average Bonchev–Trinajstić information content (AvgIpc) is 2.70. The Morgan fingerprint density at radius 1 is 1.11 bits per heavy atom. The van der Waals surface area contributed by atoms with Crippen molar-refractivity contribution in [3.8, 4) is 5.75 Å². The number of piperidine rings is 2. The van der Waals surface area contributed by atoms with Crippen molar-refractivity contribution < 1.29 is 9.53 Å². The number of halogens is 1. The molecule has 0 aromatic heterocycles. The molecular formula is C23H27ClN2O2. The molecule has 1 amide bonds. The van der Waals surface area contributed by atoms with E-state index in [1.165, 1.54) is 24.8 Å². The molecule has 2 aliphatic heterocycles. The van der Waals surface area contributed by atoms with Crippen LogP contribution in [0.2, 0.25) is 5.02 Å². The molecule has 2 aromatic rings. The van der Waals surface area contributed by atoms with Crippen LogP contribution in [0.1, 0.15) is 48.0 Å². The van der Waals surface area contributed by atoms with Crippen LogP contribution < -0.4 is 10.1 Å². The van der Waals surface area contributed by atoms with Crippen LogP contribution in [0.4, 0.5) is 0 Å². The maximum absolute atomic E-state index is 12.8. The predicted octanol–water partition coefficient (Wildman–Crippen LogP) is 4.66. The van der Waals surface area contributed by atoms with E-state index in [1.807, 2.05) is 36.4 Å². The number of amides is 1. The van der Waals surface area contributed by atoms with Crippen LogP contribution in [0.3, 0.4) is 0 Å². The van der Waals surface area contributed by atoms with Gasteiger partial charge in [0.1, 0.15) is 5.75 Å². The topological polar surface area (TPSA) is 41.6 Å². The first kappa shape index (κ1) is 19.3. The Balaban J connectivity index is 1.44. The highest BCUT2D eigenvalue weighted by atomic mass is 35.5. The second kappa shape index (κ2) is 8.54. The minimum atomic E-state index is -0.0416. The van der Waals surface area contributed by atoms with Gasteiger partial charge in [0.15, 0.2) is 0 Å². The molecule has 0 spiro atoms. The van der Waals surface area contributed by atoms with E-state index >= 15 is 0 Å². The molecule has 0 aliphatic carbocycles. The van der Waals surface area contributed by atoms with Gasteiger partial charge in [0.2, 0.25) is 0 Å². The van der Waals surface area contributed by atoms with Gasteiger partial charge in [-0.2, -0.15) is 0 Å². The van der Waals surface area contributed by atoms with Crippen molar-refractivity contribution in [3.05, 3.63) is 64.7 Å². The van der Waals surface area contributed by atoms with E-state index in [9.17, 15) is 4.79 Å². The highest BCUT2D eigenvalue weighted by molar-refractivity contribution is 6.31. The second-order valence-corrected chi connectivity index (χ2v) is 8.25. The smallest absolute Gasteiger partial charge is 0.255 e. The summed E-state index contributed by atoms with van der Waals surface area (Å²) in [6.07, 6.45) is 5.61. The van der Waals surface area contributed by atoms with Crippen LogP contribution in [0.5, 0.6) is 5.75 Å². The average molecular weight is 399 g/mol. The third-order valence-corrected chi connectivity index (χ3v) is 6.49. The number of nitrogens with zero attached hydrogens (tertiary/aromatic N) is 1. The third kappa shape index (κ3) is 4.03. The SMILES string of the molecule is COc1ccccc1C(=O)NC1CC2CCCC(C1)N2Cc1ccccc1Cl. The number of rotatable bonds is 5. The summed E-state index contributed by atoms with van der Waals surface area (Å²) < 4.78 is 5.34. The molecule has 0 saturated carbocycles. The van der Waals surface area contributed by atoms with Crippen LogP contribution in [-0.2, 0) is 6.54 Å². The van der Waals surface area contributed by atoms with Gasteiger partial charge in [-0.05, 0) is 49.4 Å². The summed E-state index contributed by atoms with van der Waals surface area (Å²) in [6, 6.07) is 16.7. The normalized spacial score (nSPS) is 24.6. The molecule has 1 N–H and O–H groups in total. The Labute approximate surface area is 171 Å². The Morgan fingerprint density at radius 3 is 2.50 bits per heavy atom. The lowest BCUT2D eigenvalue weighted by Crippen LogP contribution is -2.56. The van der Waals surface area contributed by atoms with Gasteiger partial charge in [0.05, 0.1) is 12.7 Å². The molecule has 2 aliphatic rings. The van der Waals surface area contributed by atoms with Crippen molar-refractivity contribution in [1.29, 1.82) is 0 Å². The Kier molecular flexibility index (Phi) is 5.88. The van der Waals surface area contributed by atoms with Crippen molar-refractivity contribution in [2.45, 2.75) is 56.8 Å². The zero-order valence-corrected chi connectivity index (χ0v) is 17.0. The van der Waals surface area contributed by atoms with Crippen LogP contribution in [0, 0.1) is 0 Å². The summed E-state index contributed by atoms with van der Waals surface area (Å²) in [6.45, 7) is 0.891. The van der Waals surface area contributed by atoms with Gasteiger partial charge < -0.3 is 10.1 Å². The molecule has 148 valence electrons. The van der Waals surface area contributed by atoms with E-state index in [2.05, 4.69) is 22.3 Å². The lowest BCUT2D eigenvalue weighted by Gasteiger charge is -2.49. The summed E-state index contributed by atoms with van der Waals surface area (Å²) in [5.41, 5.74) is 1.80. The first-order valence-corrected chi connectivity index (χ1v) is 10.5. The van der Waals surface area contributed by atoms with Gasteiger partial charge in [0, 0.05) is 29.7 Å². The molecule has 4 nitrogen and oxygen atoms in total.